The molecule has 4 rings (SSSR count). The highest BCUT2D eigenvalue weighted by atomic mass is 16.3. The fourth-order valence-electron chi connectivity index (χ4n) is 4.70. The normalized spacial score (nSPS) is 20.9. The van der Waals surface area contributed by atoms with Crippen LogP contribution in [0.5, 0.6) is 5.75 Å². The minimum absolute atomic E-state index is 0.0702. The first-order valence-electron chi connectivity index (χ1n) is 11.5. The highest BCUT2D eigenvalue weighted by Gasteiger charge is 2.29. The molecular weight excluding hydrogens is 388 g/mol. The zero-order valence-electron chi connectivity index (χ0n) is 18.6. The molecule has 3 heterocycles. The number of pyridine rings is 1. The van der Waals surface area contributed by atoms with E-state index in [1.807, 2.05) is 18.3 Å². The van der Waals surface area contributed by atoms with Crippen molar-refractivity contribution in [2.75, 3.05) is 19.6 Å². The van der Waals surface area contributed by atoms with Crippen molar-refractivity contribution in [3.8, 4) is 5.75 Å². The number of nitrogens with zero attached hydrogens (tertiary/aromatic N) is 2. The molecule has 0 unspecified atom stereocenters. The number of likely N-dealkylation sites (tertiary alicyclic amines) is 1. The summed E-state index contributed by atoms with van der Waals surface area (Å²) in [5.74, 6) is 1.25. The van der Waals surface area contributed by atoms with E-state index >= 15 is 0 Å². The highest BCUT2D eigenvalue weighted by molar-refractivity contribution is 5.82. The van der Waals surface area contributed by atoms with Gasteiger partial charge in [0.25, 0.3) is 0 Å². The van der Waals surface area contributed by atoms with Crippen LogP contribution in [0.2, 0.25) is 0 Å². The number of aromatic nitrogens is 1. The van der Waals surface area contributed by atoms with Gasteiger partial charge in [0, 0.05) is 36.9 Å². The quantitative estimate of drug-likeness (QED) is 0.667. The Morgan fingerprint density at radius 2 is 2.03 bits per heavy atom. The molecule has 31 heavy (non-hydrogen) atoms. The number of nitrogens with one attached hydrogen (secondary N) is 2. The predicted molar refractivity (Wildman–Crippen MR) is 122 cm³/mol. The van der Waals surface area contributed by atoms with Crippen molar-refractivity contribution < 1.29 is 9.90 Å². The molecule has 3 N–H and O–H groups in total. The van der Waals surface area contributed by atoms with Gasteiger partial charge in [-0.05, 0) is 73.7 Å². The maximum absolute atomic E-state index is 13.0. The first-order chi connectivity index (χ1) is 15.0. The molecule has 6 nitrogen and oxygen atoms in total. The molecule has 2 atom stereocenters. The summed E-state index contributed by atoms with van der Waals surface area (Å²) in [6.45, 7) is 7.93. The molecule has 1 aromatic heterocycles. The summed E-state index contributed by atoms with van der Waals surface area (Å²) in [7, 11) is 0. The Hall–Kier alpha value is -2.44. The molecule has 6 heteroatoms. The second kappa shape index (κ2) is 9.79. The number of benzene rings is 1. The van der Waals surface area contributed by atoms with Gasteiger partial charge in [0.05, 0.1) is 6.04 Å². The third kappa shape index (κ3) is 5.43. The van der Waals surface area contributed by atoms with Crippen LogP contribution in [0.15, 0.2) is 42.6 Å². The first-order valence-corrected chi connectivity index (χ1v) is 11.5. The first kappa shape index (κ1) is 21.8. The molecule has 0 radical (unpaired) electrons. The average molecular weight is 423 g/mol. The minimum Gasteiger partial charge on any atom is -0.508 e. The van der Waals surface area contributed by atoms with Crippen molar-refractivity contribution in [3.63, 3.8) is 0 Å². The third-order valence-electron chi connectivity index (χ3n) is 6.75. The van der Waals surface area contributed by atoms with Crippen molar-refractivity contribution in [3.05, 3.63) is 59.4 Å². The maximum Gasteiger partial charge on any atom is 0.237 e. The molecule has 0 bridgehead atoms. The Balaban J connectivity index is 1.30. The number of amides is 1. The van der Waals surface area contributed by atoms with Gasteiger partial charge < -0.3 is 20.6 Å². The zero-order chi connectivity index (χ0) is 21.8. The number of fused-ring (bicyclic) bond motifs is 1. The van der Waals surface area contributed by atoms with E-state index in [4.69, 9.17) is 0 Å². The molecule has 1 amide bonds. The molecule has 2 aliphatic heterocycles. The Morgan fingerprint density at radius 1 is 1.23 bits per heavy atom. The second-order valence-corrected chi connectivity index (χ2v) is 9.28. The van der Waals surface area contributed by atoms with Gasteiger partial charge in [0.2, 0.25) is 5.91 Å². The van der Waals surface area contributed by atoms with Gasteiger partial charge in [-0.15, -0.1) is 0 Å². The van der Waals surface area contributed by atoms with E-state index < -0.39 is 0 Å². The van der Waals surface area contributed by atoms with Crippen LogP contribution in [0.1, 0.15) is 49.4 Å². The van der Waals surface area contributed by atoms with E-state index in [9.17, 15) is 9.90 Å². The molecule has 0 saturated carbocycles. The molecule has 166 valence electrons. The van der Waals surface area contributed by atoms with Crippen LogP contribution in [-0.2, 0) is 17.8 Å². The number of aromatic hydroxyl groups is 1. The average Bonchev–Trinajstić information content (AvgIpc) is 2.79. The fourth-order valence-corrected chi connectivity index (χ4v) is 4.70. The van der Waals surface area contributed by atoms with Crippen molar-refractivity contribution in [2.45, 2.75) is 57.7 Å². The van der Waals surface area contributed by atoms with Crippen molar-refractivity contribution >= 4 is 5.91 Å². The van der Waals surface area contributed by atoms with E-state index in [2.05, 4.69) is 46.5 Å². The van der Waals surface area contributed by atoms with Crippen molar-refractivity contribution in [2.24, 2.45) is 5.92 Å². The number of carbonyl (C=O) groups is 1. The Bertz CT molecular complexity index is 878. The van der Waals surface area contributed by atoms with E-state index in [0.717, 1.165) is 43.6 Å². The van der Waals surface area contributed by atoms with E-state index in [1.54, 1.807) is 12.1 Å². The summed E-state index contributed by atoms with van der Waals surface area (Å²) in [6, 6.07) is 11.5. The summed E-state index contributed by atoms with van der Waals surface area (Å²) in [5, 5.41) is 16.3. The van der Waals surface area contributed by atoms with Gasteiger partial charge in [0.1, 0.15) is 5.75 Å². The number of hydrogen-bond acceptors (Lipinski definition) is 5. The summed E-state index contributed by atoms with van der Waals surface area (Å²) in [4.78, 5) is 20.0. The largest absolute Gasteiger partial charge is 0.508 e. The SMILES string of the molecule is CC(C)[C@@H](CN1CCC(c2ccccn2)CC1)NC(=O)[C@H]1Cc2ccc(O)cc2CN1. The summed E-state index contributed by atoms with van der Waals surface area (Å²) in [6.07, 6.45) is 4.77. The van der Waals surface area contributed by atoms with E-state index in [-0.39, 0.29) is 23.7 Å². The molecule has 1 aromatic carbocycles. The molecule has 2 aromatic rings. The van der Waals surface area contributed by atoms with Gasteiger partial charge in [-0.2, -0.15) is 0 Å². The van der Waals surface area contributed by atoms with Crippen molar-refractivity contribution in [1.82, 2.24) is 20.5 Å². The van der Waals surface area contributed by atoms with Crippen molar-refractivity contribution in [1.29, 1.82) is 0 Å². The summed E-state index contributed by atoms with van der Waals surface area (Å²) in [5.41, 5.74) is 3.41. The van der Waals surface area contributed by atoms with Crippen LogP contribution in [0.4, 0.5) is 0 Å². The fraction of sp³-hybridized carbons (Fsp3) is 0.520. The summed E-state index contributed by atoms with van der Waals surface area (Å²) < 4.78 is 0. The smallest absolute Gasteiger partial charge is 0.237 e. The van der Waals surface area contributed by atoms with E-state index in [1.165, 1.54) is 5.69 Å². The molecule has 0 spiro atoms. The van der Waals surface area contributed by atoms with Crippen LogP contribution < -0.4 is 10.6 Å². The van der Waals surface area contributed by atoms with Gasteiger partial charge in [-0.3, -0.25) is 9.78 Å². The third-order valence-corrected chi connectivity index (χ3v) is 6.75. The second-order valence-electron chi connectivity index (χ2n) is 9.28. The predicted octanol–water partition coefficient (Wildman–Crippen LogP) is 2.82. The van der Waals surface area contributed by atoms with Crippen LogP contribution in [0.25, 0.3) is 0 Å². The van der Waals surface area contributed by atoms with Gasteiger partial charge in [0.15, 0.2) is 0 Å². The minimum atomic E-state index is -0.229. The van der Waals surface area contributed by atoms with Crippen LogP contribution >= 0.6 is 0 Å². The number of hydrogen-bond donors (Lipinski definition) is 3. The maximum atomic E-state index is 13.0. The van der Waals surface area contributed by atoms with Crippen LogP contribution in [0, 0.1) is 5.92 Å². The molecular formula is C25H34N4O2. The lowest BCUT2D eigenvalue weighted by atomic mass is 9.92. The Morgan fingerprint density at radius 3 is 2.74 bits per heavy atom. The van der Waals surface area contributed by atoms with Crippen LogP contribution in [-0.4, -0.2) is 52.6 Å². The lowest BCUT2D eigenvalue weighted by Crippen LogP contribution is -2.54. The molecule has 2 aliphatic rings. The van der Waals surface area contributed by atoms with Gasteiger partial charge >= 0.3 is 0 Å². The van der Waals surface area contributed by atoms with Gasteiger partial charge in [-0.25, -0.2) is 0 Å². The number of rotatable bonds is 6. The molecule has 0 aliphatic carbocycles. The van der Waals surface area contributed by atoms with E-state index in [0.29, 0.717) is 24.8 Å². The number of phenolic OH excluding ortho intramolecular Hbond substituents is 1. The topological polar surface area (TPSA) is 77.5 Å². The van der Waals surface area contributed by atoms with Gasteiger partial charge in [-0.1, -0.05) is 26.0 Å². The molecule has 1 fully saturated rings. The number of piperidine rings is 1. The molecule has 1 saturated heterocycles. The lowest BCUT2D eigenvalue weighted by molar-refractivity contribution is -0.124. The Kier molecular flexibility index (Phi) is 6.88. The standard InChI is InChI=1S/C25H34N4O2/c1-17(2)24(16-29-11-8-18(9-12-29)22-5-3-4-10-26-22)28-25(31)23-14-19-6-7-21(30)13-20(19)15-27-23/h3-7,10,13,17-18,23-24,27,30H,8-9,11-12,14-16H2,1-2H3,(H,28,31)/t23-,24-/m1/s1. The highest BCUT2D eigenvalue weighted by Crippen LogP contribution is 2.27. The Labute approximate surface area is 185 Å². The number of carbonyl (C=O) groups excluding carboxylic acids is 1. The summed E-state index contributed by atoms with van der Waals surface area (Å²) >= 11 is 0. The lowest BCUT2D eigenvalue weighted by Gasteiger charge is -2.36. The number of phenols is 1. The zero-order valence-corrected chi connectivity index (χ0v) is 18.6. The van der Waals surface area contributed by atoms with Crippen LogP contribution in [0.3, 0.4) is 0 Å². The monoisotopic (exact) mass is 422 g/mol.